The lowest BCUT2D eigenvalue weighted by atomic mass is 10.1. The summed E-state index contributed by atoms with van der Waals surface area (Å²) < 4.78 is 0. The van der Waals surface area contributed by atoms with Gasteiger partial charge < -0.3 is 10.0 Å². The molecule has 4 heteroatoms. The molecule has 1 N–H and O–H groups in total. The van der Waals surface area contributed by atoms with Gasteiger partial charge in [0.2, 0.25) is 0 Å². The van der Waals surface area contributed by atoms with Crippen molar-refractivity contribution in [2.45, 2.75) is 45.6 Å². The number of thiazole rings is 1. The van der Waals surface area contributed by atoms with Gasteiger partial charge in [-0.1, -0.05) is 24.7 Å². The monoisotopic (exact) mass is 240 g/mol. The van der Waals surface area contributed by atoms with E-state index >= 15 is 0 Å². The number of aromatic nitrogens is 1. The number of rotatable bonds is 4. The predicted molar refractivity (Wildman–Crippen MR) is 68.1 cm³/mol. The van der Waals surface area contributed by atoms with Gasteiger partial charge in [0.1, 0.15) is 0 Å². The summed E-state index contributed by atoms with van der Waals surface area (Å²) in [4.78, 5) is 8.10. The first-order valence-corrected chi connectivity index (χ1v) is 7.01. The molecule has 1 aliphatic heterocycles. The average Bonchev–Trinajstić information content (AvgIpc) is 2.74. The predicted octanol–water partition coefficient (Wildman–Crippen LogP) is 2.58. The van der Waals surface area contributed by atoms with Crippen LogP contribution in [0.15, 0.2) is 0 Å². The fourth-order valence-electron chi connectivity index (χ4n) is 2.15. The Morgan fingerprint density at radius 1 is 1.31 bits per heavy atom. The molecule has 2 rings (SSSR count). The molecule has 0 aliphatic carbocycles. The highest BCUT2D eigenvalue weighted by Gasteiger charge is 2.17. The van der Waals surface area contributed by atoms with Gasteiger partial charge in [0.15, 0.2) is 5.13 Å². The number of aliphatic hydroxyl groups excluding tert-OH is 1. The third-order valence-corrected chi connectivity index (χ3v) is 4.17. The van der Waals surface area contributed by atoms with E-state index in [9.17, 15) is 5.11 Å². The second-order valence-corrected chi connectivity index (χ2v) is 5.38. The van der Waals surface area contributed by atoms with Gasteiger partial charge in [0, 0.05) is 13.1 Å². The van der Waals surface area contributed by atoms with Crippen LogP contribution >= 0.6 is 11.3 Å². The van der Waals surface area contributed by atoms with Gasteiger partial charge in [-0.2, -0.15) is 0 Å². The number of aryl methyl sites for hydroxylation is 1. The first-order chi connectivity index (χ1) is 7.85. The molecule has 0 bridgehead atoms. The zero-order valence-corrected chi connectivity index (χ0v) is 10.7. The Hall–Kier alpha value is -0.610. The minimum Gasteiger partial charge on any atom is -0.391 e. The van der Waals surface area contributed by atoms with E-state index in [4.69, 9.17) is 0 Å². The lowest BCUT2D eigenvalue weighted by Gasteiger charge is -2.25. The van der Waals surface area contributed by atoms with Crippen LogP contribution in [0.2, 0.25) is 0 Å². The van der Waals surface area contributed by atoms with Crippen molar-refractivity contribution >= 4 is 16.5 Å². The highest BCUT2D eigenvalue weighted by Crippen LogP contribution is 2.29. The molecule has 90 valence electrons. The summed E-state index contributed by atoms with van der Waals surface area (Å²) in [6.45, 7) is 4.55. The van der Waals surface area contributed by atoms with E-state index in [1.165, 1.54) is 19.3 Å². The van der Waals surface area contributed by atoms with Gasteiger partial charge in [-0.05, 0) is 25.7 Å². The topological polar surface area (TPSA) is 36.4 Å². The van der Waals surface area contributed by atoms with Gasteiger partial charge >= 0.3 is 0 Å². The van der Waals surface area contributed by atoms with E-state index < -0.39 is 0 Å². The molecule has 1 fully saturated rings. The molecule has 2 heterocycles. The quantitative estimate of drug-likeness (QED) is 0.878. The standard InChI is InChI=1S/C12H20N2OS/c1-2-6-10-11(9-15)16-12(13-10)14-7-4-3-5-8-14/h15H,2-9H2,1H3. The fourth-order valence-corrected chi connectivity index (χ4v) is 3.16. The third kappa shape index (κ3) is 2.55. The van der Waals surface area contributed by atoms with Gasteiger partial charge in [-0.3, -0.25) is 0 Å². The van der Waals surface area contributed by atoms with Crippen LogP contribution in [0.5, 0.6) is 0 Å². The van der Waals surface area contributed by atoms with Crippen molar-refractivity contribution < 1.29 is 5.11 Å². The van der Waals surface area contributed by atoms with Crippen molar-refractivity contribution in [2.24, 2.45) is 0 Å². The maximum atomic E-state index is 9.31. The Bertz CT molecular complexity index is 332. The number of piperidine rings is 1. The first-order valence-electron chi connectivity index (χ1n) is 6.19. The number of hydrogen-bond acceptors (Lipinski definition) is 4. The summed E-state index contributed by atoms with van der Waals surface area (Å²) in [6.07, 6.45) is 5.97. The molecule has 0 radical (unpaired) electrons. The van der Waals surface area contributed by atoms with Gasteiger partial charge in [-0.25, -0.2) is 4.98 Å². The highest BCUT2D eigenvalue weighted by atomic mass is 32.1. The van der Waals surface area contributed by atoms with Crippen LogP contribution in [0, 0.1) is 0 Å². The summed E-state index contributed by atoms with van der Waals surface area (Å²) in [7, 11) is 0. The Balaban J connectivity index is 2.14. The smallest absolute Gasteiger partial charge is 0.185 e. The van der Waals surface area contributed by atoms with E-state index in [0.717, 1.165) is 41.6 Å². The first kappa shape index (κ1) is 11.9. The molecule has 1 aromatic rings. The summed E-state index contributed by atoms with van der Waals surface area (Å²) in [5, 5.41) is 10.4. The van der Waals surface area contributed by atoms with Crippen molar-refractivity contribution in [1.29, 1.82) is 0 Å². The van der Waals surface area contributed by atoms with E-state index in [0.29, 0.717) is 0 Å². The van der Waals surface area contributed by atoms with Crippen molar-refractivity contribution in [3.05, 3.63) is 10.6 Å². The van der Waals surface area contributed by atoms with Crippen LogP contribution in [-0.2, 0) is 13.0 Å². The fraction of sp³-hybridized carbons (Fsp3) is 0.750. The Morgan fingerprint density at radius 2 is 2.06 bits per heavy atom. The number of anilines is 1. The molecule has 0 saturated carbocycles. The average molecular weight is 240 g/mol. The van der Waals surface area contributed by atoms with Crippen LogP contribution in [0.3, 0.4) is 0 Å². The molecule has 0 amide bonds. The highest BCUT2D eigenvalue weighted by molar-refractivity contribution is 7.15. The maximum Gasteiger partial charge on any atom is 0.185 e. The molecule has 3 nitrogen and oxygen atoms in total. The molecule has 0 spiro atoms. The summed E-state index contributed by atoms with van der Waals surface area (Å²) in [5.41, 5.74) is 1.11. The second-order valence-electron chi connectivity index (χ2n) is 4.32. The molecule has 1 aromatic heterocycles. The molecule has 0 atom stereocenters. The van der Waals surface area contributed by atoms with Crippen molar-refractivity contribution in [2.75, 3.05) is 18.0 Å². The second kappa shape index (κ2) is 5.64. The molecular formula is C12H20N2OS. The van der Waals surface area contributed by atoms with Crippen LogP contribution in [0.4, 0.5) is 5.13 Å². The maximum absolute atomic E-state index is 9.31. The zero-order chi connectivity index (χ0) is 11.4. The molecule has 16 heavy (non-hydrogen) atoms. The van der Waals surface area contributed by atoms with Crippen molar-refractivity contribution in [3.8, 4) is 0 Å². The van der Waals surface area contributed by atoms with Gasteiger partial charge in [0.25, 0.3) is 0 Å². The van der Waals surface area contributed by atoms with Crippen molar-refractivity contribution in [1.82, 2.24) is 4.98 Å². The normalized spacial score (nSPS) is 16.8. The van der Waals surface area contributed by atoms with Gasteiger partial charge in [0.05, 0.1) is 17.2 Å². The summed E-state index contributed by atoms with van der Waals surface area (Å²) in [5.74, 6) is 0. The van der Waals surface area contributed by atoms with Crippen LogP contribution < -0.4 is 4.90 Å². The van der Waals surface area contributed by atoms with E-state index in [2.05, 4.69) is 16.8 Å². The Morgan fingerprint density at radius 3 is 2.69 bits per heavy atom. The molecular weight excluding hydrogens is 220 g/mol. The lowest BCUT2D eigenvalue weighted by molar-refractivity contribution is 0.284. The molecule has 0 unspecified atom stereocenters. The SMILES string of the molecule is CCCc1nc(N2CCCCC2)sc1CO. The largest absolute Gasteiger partial charge is 0.391 e. The summed E-state index contributed by atoms with van der Waals surface area (Å²) in [6, 6.07) is 0. The lowest BCUT2D eigenvalue weighted by Crippen LogP contribution is -2.29. The summed E-state index contributed by atoms with van der Waals surface area (Å²) >= 11 is 1.67. The molecule has 1 aliphatic rings. The molecule has 0 aromatic carbocycles. The van der Waals surface area contributed by atoms with Gasteiger partial charge in [-0.15, -0.1) is 0 Å². The van der Waals surface area contributed by atoms with Crippen LogP contribution in [0.1, 0.15) is 43.2 Å². The van der Waals surface area contributed by atoms with Crippen molar-refractivity contribution in [3.63, 3.8) is 0 Å². The van der Waals surface area contributed by atoms with E-state index in [1.807, 2.05) is 0 Å². The van der Waals surface area contributed by atoms with Crippen LogP contribution in [0.25, 0.3) is 0 Å². The van der Waals surface area contributed by atoms with E-state index in [1.54, 1.807) is 11.3 Å². The molecule has 1 saturated heterocycles. The Labute approximate surface area is 101 Å². The Kier molecular flexibility index (Phi) is 4.18. The number of aliphatic hydroxyl groups is 1. The van der Waals surface area contributed by atoms with E-state index in [-0.39, 0.29) is 6.61 Å². The minimum absolute atomic E-state index is 0.140. The number of nitrogens with zero attached hydrogens (tertiary/aromatic N) is 2. The zero-order valence-electron chi connectivity index (χ0n) is 9.91. The van der Waals surface area contributed by atoms with Crippen LogP contribution in [-0.4, -0.2) is 23.2 Å². The third-order valence-electron chi connectivity index (χ3n) is 3.02. The number of hydrogen-bond donors (Lipinski definition) is 1. The minimum atomic E-state index is 0.140.